The van der Waals surface area contributed by atoms with Crippen LogP contribution in [0.2, 0.25) is 0 Å². The molecule has 0 bridgehead atoms. The molecule has 1 heterocycles. The number of nitrogens with one attached hydrogen (secondary N) is 2. The lowest BCUT2D eigenvalue weighted by Gasteiger charge is -2.22. The molecule has 1 atom stereocenters. The zero-order valence-corrected chi connectivity index (χ0v) is 12.6. The number of carboxylic acid groups (broad SMARTS) is 1. The van der Waals surface area contributed by atoms with E-state index in [-0.39, 0.29) is 22.5 Å². The van der Waals surface area contributed by atoms with Crippen molar-refractivity contribution >= 4 is 28.3 Å². The lowest BCUT2D eigenvalue weighted by molar-refractivity contribution is 0.0698. The van der Waals surface area contributed by atoms with Crippen LogP contribution >= 0.6 is 11.3 Å². The predicted molar refractivity (Wildman–Crippen MR) is 78.4 cm³/mol. The Balaban J connectivity index is 2.44. The van der Waals surface area contributed by atoms with E-state index in [9.17, 15) is 14.7 Å². The van der Waals surface area contributed by atoms with Gasteiger partial charge in [0.25, 0.3) is 0 Å². The van der Waals surface area contributed by atoms with Crippen LogP contribution < -0.4 is 10.6 Å². The van der Waals surface area contributed by atoms with Crippen LogP contribution in [0, 0.1) is 5.41 Å². The SMILES string of the molecule is CC(C)(C)CC(O)CNC(=O)Nc1sccc1C(=O)O. The van der Waals surface area contributed by atoms with E-state index in [1.807, 2.05) is 20.8 Å². The number of aliphatic hydroxyl groups is 1. The molecule has 0 aliphatic heterocycles. The van der Waals surface area contributed by atoms with E-state index in [1.165, 1.54) is 6.07 Å². The van der Waals surface area contributed by atoms with Gasteiger partial charge in [-0.2, -0.15) is 0 Å². The number of hydrogen-bond donors (Lipinski definition) is 4. The maximum absolute atomic E-state index is 11.6. The highest BCUT2D eigenvalue weighted by molar-refractivity contribution is 7.14. The predicted octanol–water partition coefficient (Wildman–Crippen LogP) is 2.36. The highest BCUT2D eigenvalue weighted by Gasteiger charge is 2.18. The van der Waals surface area contributed by atoms with Crippen LogP contribution in [0.3, 0.4) is 0 Å². The fourth-order valence-electron chi connectivity index (χ4n) is 1.71. The topological polar surface area (TPSA) is 98.7 Å². The van der Waals surface area contributed by atoms with Crippen molar-refractivity contribution in [3.8, 4) is 0 Å². The number of anilines is 1. The van der Waals surface area contributed by atoms with Gasteiger partial charge in [-0.1, -0.05) is 20.8 Å². The van der Waals surface area contributed by atoms with Crippen LogP contribution in [0.25, 0.3) is 0 Å². The summed E-state index contributed by atoms with van der Waals surface area (Å²) in [5.74, 6) is -1.09. The van der Waals surface area contributed by atoms with Crippen LogP contribution in [0.1, 0.15) is 37.6 Å². The summed E-state index contributed by atoms with van der Waals surface area (Å²) in [5.41, 5.74) is 0.0299. The number of amides is 2. The zero-order valence-electron chi connectivity index (χ0n) is 11.8. The van der Waals surface area contributed by atoms with Gasteiger partial charge in [0.2, 0.25) is 0 Å². The summed E-state index contributed by atoms with van der Waals surface area (Å²) < 4.78 is 0. The molecule has 1 unspecified atom stereocenters. The molecule has 1 aromatic heterocycles. The Morgan fingerprint density at radius 3 is 2.60 bits per heavy atom. The average molecular weight is 300 g/mol. The maximum atomic E-state index is 11.6. The van der Waals surface area contributed by atoms with Crippen molar-refractivity contribution in [1.29, 1.82) is 0 Å². The largest absolute Gasteiger partial charge is 0.478 e. The highest BCUT2D eigenvalue weighted by atomic mass is 32.1. The molecule has 6 nitrogen and oxygen atoms in total. The lowest BCUT2D eigenvalue weighted by Crippen LogP contribution is -2.36. The minimum atomic E-state index is -1.09. The molecule has 0 saturated carbocycles. The Labute approximate surface area is 121 Å². The molecule has 4 N–H and O–H groups in total. The minimum absolute atomic E-state index is 0.0260. The van der Waals surface area contributed by atoms with Crippen LogP contribution in [0.5, 0.6) is 0 Å². The molecule has 1 aromatic rings. The quantitative estimate of drug-likeness (QED) is 0.671. The van der Waals surface area contributed by atoms with E-state index in [0.717, 1.165) is 11.3 Å². The van der Waals surface area contributed by atoms with Crippen LogP contribution in [0.4, 0.5) is 9.80 Å². The first-order valence-electron chi connectivity index (χ1n) is 6.23. The third-order valence-electron chi connectivity index (χ3n) is 2.47. The molecule has 0 spiro atoms. The van der Waals surface area contributed by atoms with E-state index in [0.29, 0.717) is 6.42 Å². The van der Waals surface area contributed by atoms with Crippen molar-refractivity contribution in [3.05, 3.63) is 17.0 Å². The summed E-state index contributed by atoms with van der Waals surface area (Å²) in [6, 6.07) is 0.903. The number of thiophene rings is 1. The second kappa shape index (κ2) is 6.71. The number of aromatic carboxylic acids is 1. The number of carbonyl (C=O) groups excluding carboxylic acids is 1. The summed E-state index contributed by atoms with van der Waals surface area (Å²) in [6.45, 7) is 6.13. The van der Waals surface area contributed by atoms with Gasteiger partial charge in [-0.25, -0.2) is 9.59 Å². The molecule has 20 heavy (non-hydrogen) atoms. The second-order valence-corrected chi connectivity index (χ2v) is 6.64. The maximum Gasteiger partial charge on any atom is 0.338 e. The normalized spacial score (nSPS) is 12.8. The number of hydrogen-bond acceptors (Lipinski definition) is 4. The molecule has 112 valence electrons. The van der Waals surface area contributed by atoms with Crippen molar-refractivity contribution in [3.63, 3.8) is 0 Å². The van der Waals surface area contributed by atoms with Gasteiger partial charge < -0.3 is 15.5 Å². The molecule has 1 rings (SSSR count). The molecular weight excluding hydrogens is 280 g/mol. The van der Waals surface area contributed by atoms with Crippen molar-refractivity contribution < 1.29 is 19.8 Å². The van der Waals surface area contributed by atoms with Gasteiger partial charge in [-0.15, -0.1) is 11.3 Å². The average Bonchev–Trinajstić information content (AvgIpc) is 2.72. The second-order valence-electron chi connectivity index (χ2n) is 5.72. The summed E-state index contributed by atoms with van der Waals surface area (Å²) in [5, 5.41) is 25.5. The number of aliphatic hydroxyl groups excluding tert-OH is 1. The van der Waals surface area contributed by atoms with Crippen LogP contribution in [0.15, 0.2) is 11.4 Å². The van der Waals surface area contributed by atoms with E-state index in [2.05, 4.69) is 10.6 Å². The first kappa shape index (κ1) is 16.5. The number of carboxylic acids is 1. The zero-order chi connectivity index (χ0) is 15.3. The fourth-order valence-corrected chi connectivity index (χ4v) is 2.49. The van der Waals surface area contributed by atoms with Gasteiger partial charge >= 0.3 is 12.0 Å². The van der Waals surface area contributed by atoms with Crippen molar-refractivity contribution in [2.24, 2.45) is 5.41 Å². The van der Waals surface area contributed by atoms with Crippen molar-refractivity contribution in [2.45, 2.75) is 33.3 Å². The smallest absolute Gasteiger partial charge is 0.338 e. The van der Waals surface area contributed by atoms with Crippen LogP contribution in [-0.4, -0.2) is 34.9 Å². The van der Waals surface area contributed by atoms with E-state index < -0.39 is 18.1 Å². The molecule has 0 aliphatic rings. The van der Waals surface area contributed by atoms with Gasteiger partial charge in [0, 0.05) is 6.54 Å². The van der Waals surface area contributed by atoms with E-state index in [4.69, 9.17) is 5.11 Å². The Morgan fingerprint density at radius 1 is 1.40 bits per heavy atom. The molecule has 2 amide bonds. The minimum Gasteiger partial charge on any atom is -0.478 e. The third-order valence-corrected chi connectivity index (χ3v) is 3.30. The molecule has 0 radical (unpaired) electrons. The number of rotatable bonds is 5. The molecule has 0 aromatic carbocycles. The van der Waals surface area contributed by atoms with Crippen molar-refractivity contribution in [2.75, 3.05) is 11.9 Å². The van der Waals surface area contributed by atoms with Gasteiger partial charge in [-0.05, 0) is 23.3 Å². The fraction of sp³-hybridized carbons (Fsp3) is 0.538. The summed E-state index contributed by atoms with van der Waals surface area (Å²) >= 11 is 1.14. The molecular formula is C13H20N2O4S. The summed E-state index contributed by atoms with van der Waals surface area (Å²) in [4.78, 5) is 22.5. The first-order chi connectivity index (χ1) is 9.19. The standard InChI is InChI=1S/C13H20N2O4S/c1-13(2,3)6-8(16)7-14-12(19)15-10-9(11(17)18)4-5-20-10/h4-5,8,16H,6-7H2,1-3H3,(H,17,18)(H2,14,15,19). The van der Waals surface area contributed by atoms with Gasteiger partial charge in [-0.3, -0.25) is 5.32 Å². The van der Waals surface area contributed by atoms with Gasteiger partial charge in [0.15, 0.2) is 0 Å². The summed E-state index contributed by atoms with van der Waals surface area (Å²) in [7, 11) is 0. The number of carbonyl (C=O) groups is 2. The first-order valence-corrected chi connectivity index (χ1v) is 7.11. The molecule has 7 heteroatoms. The Hall–Kier alpha value is -1.60. The Kier molecular flexibility index (Phi) is 5.52. The summed E-state index contributed by atoms with van der Waals surface area (Å²) in [6.07, 6.45) is -0.0739. The monoisotopic (exact) mass is 300 g/mol. The van der Waals surface area contributed by atoms with E-state index >= 15 is 0 Å². The van der Waals surface area contributed by atoms with Crippen molar-refractivity contribution in [1.82, 2.24) is 5.32 Å². The van der Waals surface area contributed by atoms with Gasteiger partial charge in [0.05, 0.1) is 11.7 Å². The Morgan fingerprint density at radius 2 is 2.05 bits per heavy atom. The number of urea groups is 1. The molecule has 0 fully saturated rings. The molecule has 0 saturated heterocycles. The Bertz CT molecular complexity index is 479. The van der Waals surface area contributed by atoms with Gasteiger partial charge in [0.1, 0.15) is 5.00 Å². The van der Waals surface area contributed by atoms with Crippen LogP contribution in [-0.2, 0) is 0 Å². The van der Waals surface area contributed by atoms with E-state index in [1.54, 1.807) is 5.38 Å². The third kappa shape index (κ3) is 5.58. The highest BCUT2D eigenvalue weighted by Crippen LogP contribution is 2.23. The molecule has 0 aliphatic carbocycles. The lowest BCUT2D eigenvalue weighted by atomic mass is 9.89.